The lowest BCUT2D eigenvalue weighted by Crippen LogP contribution is -2.08. The van der Waals surface area contributed by atoms with E-state index in [0.29, 0.717) is 17.2 Å². The van der Waals surface area contributed by atoms with E-state index in [9.17, 15) is 14.3 Å². The fourth-order valence-electron chi connectivity index (χ4n) is 3.79. The molecule has 0 saturated carbocycles. The molecule has 1 aliphatic rings. The number of carboxylic acid groups (broad SMARTS) is 1. The van der Waals surface area contributed by atoms with Gasteiger partial charge in [-0.1, -0.05) is 23.5 Å². The molecular weight excluding hydrogens is 405 g/mol. The molecule has 0 fully saturated rings. The zero-order chi connectivity index (χ0) is 20.8. The predicted molar refractivity (Wildman–Crippen MR) is 111 cm³/mol. The van der Waals surface area contributed by atoms with Crippen LogP contribution in [0.15, 0.2) is 48.9 Å². The van der Waals surface area contributed by atoms with Crippen molar-refractivity contribution in [1.29, 1.82) is 0 Å². The number of nitrogens with zero attached hydrogens (tertiary/aromatic N) is 3. The number of ether oxygens (including phenoxy) is 1. The average molecular weight is 421 g/mol. The molecule has 3 heterocycles. The van der Waals surface area contributed by atoms with E-state index in [-0.39, 0.29) is 10.7 Å². The highest BCUT2D eigenvalue weighted by Crippen LogP contribution is 2.48. The van der Waals surface area contributed by atoms with Crippen LogP contribution in [0.25, 0.3) is 22.4 Å². The first-order valence-corrected chi connectivity index (χ1v) is 10.1. The molecule has 1 N–H and O–H groups in total. The van der Waals surface area contributed by atoms with Gasteiger partial charge in [0.2, 0.25) is 0 Å². The lowest BCUT2D eigenvalue weighted by molar-refractivity contribution is 0.0701. The minimum atomic E-state index is -0.963. The molecule has 5 rings (SSSR count). The van der Waals surface area contributed by atoms with E-state index in [1.807, 2.05) is 13.2 Å². The number of aromatic carboxylic acids is 1. The summed E-state index contributed by atoms with van der Waals surface area (Å²) in [6, 6.07) is 7.93. The minimum Gasteiger partial charge on any atom is -0.477 e. The van der Waals surface area contributed by atoms with Crippen LogP contribution >= 0.6 is 11.3 Å². The average Bonchev–Trinajstić information content (AvgIpc) is 3.29. The zero-order valence-electron chi connectivity index (χ0n) is 15.9. The maximum Gasteiger partial charge on any atom is 0.346 e. The van der Waals surface area contributed by atoms with Crippen molar-refractivity contribution in [2.24, 2.45) is 7.05 Å². The van der Waals surface area contributed by atoms with Gasteiger partial charge in [0, 0.05) is 18.8 Å². The van der Waals surface area contributed by atoms with E-state index in [1.54, 1.807) is 35.3 Å². The van der Waals surface area contributed by atoms with Crippen LogP contribution in [0.4, 0.5) is 4.39 Å². The number of fused-ring (bicyclic) bond motifs is 3. The van der Waals surface area contributed by atoms with Gasteiger partial charge in [-0.3, -0.25) is 9.67 Å². The summed E-state index contributed by atoms with van der Waals surface area (Å²) < 4.78 is 21.1. The fourth-order valence-corrected chi connectivity index (χ4v) is 4.85. The first-order valence-electron chi connectivity index (χ1n) is 9.30. The number of carbonyl (C=O) groups is 1. The zero-order valence-corrected chi connectivity index (χ0v) is 16.7. The summed E-state index contributed by atoms with van der Waals surface area (Å²) >= 11 is 1.12. The van der Waals surface area contributed by atoms with Gasteiger partial charge in [-0.15, -0.1) is 0 Å². The topological polar surface area (TPSA) is 77.2 Å². The molecule has 0 spiro atoms. The van der Waals surface area contributed by atoms with Crippen LogP contribution in [0.2, 0.25) is 0 Å². The number of rotatable bonds is 4. The van der Waals surface area contributed by atoms with Gasteiger partial charge >= 0.3 is 5.97 Å². The Morgan fingerprint density at radius 2 is 1.97 bits per heavy atom. The van der Waals surface area contributed by atoms with Crippen molar-refractivity contribution in [3.8, 4) is 33.2 Å². The predicted octanol–water partition coefficient (Wildman–Crippen LogP) is 4.94. The molecule has 0 aliphatic heterocycles. The molecule has 30 heavy (non-hydrogen) atoms. The molecule has 0 amide bonds. The largest absolute Gasteiger partial charge is 0.477 e. The summed E-state index contributed by atoms with van der Waals surface area (Å²) in [5.41, 5.74) is 5.10. The number of aromatic nitrogens is 3. The van der Waals surface area contributed by atoms with Crippen molar-refractivity contribution in [2.45, 2.75) is 12.8 Å². The van der Waals surface area contributed by atoms with E-state index in [1.165, 1.54) is 12.1 Å². The number of hydrogen-bond acceptors (Lipinski definition) is 5. The summed E-state index contributed by atoms with van der Waals surface area (Å²) in [6.45, 7) is 0. The number of benzene rings is 1. The van der Waals surface area contributed by atoms with Crippen LogP contribution in [0.1, 0.15) is 20.8 Å². The smallest absolute Gasteiger partial charge is 0.346 e. The molecule has 8 heteroatoms. The van der Waals surface area contributed by atoms with E-state index < -0.39 is 5.97 Å². The molecule has 6 nitrogen and oxygen atoms in total. The van der Waals surface area contributed by atoms with Gasteiger partial charge in [-0.25, -0.2) is 9.18 Å². The number of halogens is 1. The lowest BCUT2D eigenvalue weighted by Gasteiger charge is -2.16. The van der Waals surface area contributed by atoms with Crippen molar-refractivity contribution in [1.82, 2.24) is 14.8 Å². The van der Waals surface area contributed by atoms with Gasteiger partial charge in [0.05, 0.1) is 23.7 Å². The van der Waals surface area contributed by atoms with Gasteiger partial charge in [0.25, 0.3) is 0 Å². The summed E-state index contributed by atoms with van der Waals surface area (Å²) in [4.78, 5) is 16.4. The van der Waals surface area contributed by atoms with E-state index >= 15 is 0 Å². The van der Waals surface area contributed by atoms with Crippen molar-refractivity contribution in [3.63, 3.8) is 0 Å². The molecule has 0 unspecified atom stereocenters. The van der Waals surface area contributed by atoms with Gasteiger partial charge in [-0.2, -0.15) is 5.10 Å². The summed E-state index contributed by atoms with van der Waals surface area (Å²) in [6.07, 6.45) is 6.44. The summed E-state index contributed by atoms with van der Waals surface area (Å²) in [7, 11) is 1.84. The lowest BCUT2D eigenvalue weighted by atomic mass is 9.92. The highest BCUT2D eigenvalue weighted by molar-refractivity contribution is 7.16. The monoisotopic (exact) mass is 421 g/mol. The standard InChI is InChI=1S/C22H16FN3O3S/c1-26-19-13(10-25-26)4-7-17-18(19)22(30-20(17)21(27)28)29-16-8-14(9-24-11-16)12-2-5-15(23)6-3-12/h2-3,5-6,8-11H,4,7H2,1H3,(H,27,28). The Bertz CT molecular complexity index is 1280. The van der Waals surface area contributed by atoms with Gasteiger partial charge in [0.1, 0.15) is 16.4 Å². The maximum absolute atomic E-state index is 13.2. The Hall–Kier alpha value is -3.52. The fraction of sp³-hybridized carbons (Fsp3) is 0.136. The SMILES string of the molecule is Cn1ncc2c1-c1c(Oc3cncc(-c4ccc(F)cc4)c3)sc(C(=O)O)c1CC2. The van der Waals surface area contributed by atoms with Crippen LogP contribution in [0.5, 0.6) is 10.8 Å². The molecule has 0 bridgehead atoms. The van der Waals surface area contributed by atoms with E-state index in [4.69, 9.17) is 4.74 Å². The quantitative estimate of drug-likeness (QED) is 0.505. The van der Waals surface area contributed by atoms with Crippen LogP contribution in [-0.2, 0) is 19.9 Å². The maximum atomic E-state index is 13.2. The Morgan fingerprint density at radius 3 is 2.73 bits per heavy atom. The molecule has 1 aliphatic carbocycles. The van der Waals surface area contributed by atoms with Crippen LogP contribution in [-0.4, -0.2) is 25.8 Å². The van der Waals surface area contributed by atoms with Crippen molar-refractivity contribution < 1.29 is 19.0 Å². The number of aryl methyl sites for hydroxylation is 2. The third-order valence-electron chi connectivity index (χ3n) is 5.17. The highest BCUT2D eigenvalue weighted by Gasteiger charge is 2.31. The minimum absolute atomic E-state index is 0.287. The van der Waals surface area contributed by atoms with Crippen molar-refractivity contribution in [2.75, 3.05) is 0 Å². The Balaban J connectivity index is 1.58. The molecule has 0 atom stereocenters. The van der Waals surface area contributed by atoms with Crippen molar-refractivity contribution >= 4 is 17.3 Å². The van der Waals surface area contributed by atoms with Gasteiger partial charge < -0.3 is 9.84 Å². The molecule has 1 aromatic carbocycles. The van der Waals surface area contributed by atoms with Crippen LogP contribution in [0.3, 0.4) is 0 Å². The Labute approximate surface area is 175 Å². The molecule has 3 aromatic heterocycles. The van der Waals surface area contributed by atoms with Gasteiger partial charge in [-0.05, 0) is 47.7 Å². The molecule has 0 radical (unpaired) electrons. The third-order valence-corrected chi connectivity index (χ3v) is 6.26. The second-order valence-electron chi connectivity index (χ2n) is 7.04. The summed E-state index contributed by atoms with van der Waals surface area (Å²) in [5.74, 6) is -0.792. The van der Waals surface area contributed by atoms with Gasteiger partial charge in [0.15, 0.2) is 5.06 Å². The number of hydrogen-bond donors (Lipinski definition) is 1. The van der Waals surface area contributed by atoms with Crippen molar-refractivity contribution in [3.05, 3.63) is 70.7 Å². The molecule has 4 aromatic rings. The Kier molecular flexibility index (Phi) is 4.36. The summed E-state index contributed by atoms with van der Waals surface area (Å²) in [5, 5.41) is 14.5. The number of pyridine rings is 1. The molecule has 150 valence electrons. The molecular formula is C22H16FN3O3S. The Morgan fingerprint density at radius 1 is 1.17 bits per heavy atom. The second kappa shape index (κ2) is 7.07. The van der Waals surface area contributed by atoms with Crippen LogP contribution < -0.4 is 4.74 Å². The van der Waals surface area contributed by atoms with Crippen LogP contribution in [0, 0.1) is 5.82 Å². The highest BCUT2D eigenvalue weighted by atomic mass is 32.1. The number of carboxylic acids is 1. The normalized spacial score (nSPS) is 12.3. The third kappa shape index (κ3) is 3.05. The first kappa shape index (κ1) is 18.5. The first-order chi connectivity index (χ1) is 14.5. The number of thiophene rings is 1. The molecule has 0 saturated heterocycles. The van der Waals surface area contributed by atoms with E-state index in [2.05, 4.69) is 10.1 Å². The van der Waals surface area contributed by atoms with E-state index in [0.717, 1.165) is 51.3 Å². The second-order valence-corrected chi connectivity index (χ2v) is 8.02.